The third-order valence-corrected chi connectivity index (χ3v) is 6.05. The molecule has 3 aromatic carbocycles. The molecule has 4 heteroatoms. The summed E-state index contributed by atoms with van der Waals surface area (Å²) < 4.78 is 5.34. The summed E-state index contributed by atoms with van der Waals surface area (Å²) >= 11 is 5.96. The molecular weight excluding hydrogens is 362 g/mol. The lowest BCUT2D eigenvalue weighted by atomic mass is 10.0. The van der Waals surface area contributed by atoms with Gasteiger partial charge in [-0.15, -0.1) is 0 Å². The quantitative estimate of drug-likeness (QED) is 0.433. The minimum absolute atomic E-state index is 0.812. The average Bonchev–Trinajstić information content (AvgIpc) is 2.99. The lowest BCUT2D eigenvalue weighted by Gasteiger charge is -2.29. The van der Waals surface area contributed by atoms with Crippen molar-refractivity contribution in [1.29, 1.82) is 0 Å². The Hall–Kier alpha value is -2.69. The third-order valence-electron chi connectivity index (χ3n) is 5.65. The Morgan fingerprint density at radius 2 is 1.61 bits per heavy atom. The van der Waals surface area contributed by atoms with E-state index in [0.29, 0.717) is 0 Å². The van der Waals surface area contributed by atoms with Crippen molar-refractivity contribution >= 4 is 23.3 Å². The molecule has 0 amide bonds. The van der Waals surface area contributed by atoms with Crippen LogP contribution in [0.3, 0.4) is 0 Å². The molecule has 0 atom stereocenters. The van der Waals surface area contributed by atoms with E-state index < -0.39 is 0 Å². The molecule has 140 valence electrons. The molecular formula is C24H23N3S. The standard InChI is InChI=1S/C24H23N3S/c1-18-7-6-10-21(15-18)27-23-12-5-4-11-22(23)26(24(27)28)17-25-14-13-19-8-2-3-9-20(19)16-25/h2-12,15H,13-14,16-17H2,1H3. The molecule has 2 heterocycles. The van der Waals surface area contributed by atoms with Gasteiger partial charge in [0.15, 0.2) is 4.77 Å². The fraction of sp³-hybridized carbons (Fsp3) is 0.208. The Morgan fingerprint density at radius 1 is 0.857 bits per heavy atom. The van der Waals surface area contributed by atoms with Crippen molar-refractivity contribution in [2.24, 2.45) is 0 Å². The lowest BCUT2D eigenvalue weighted by Crippen LogP contribution is -2.32. The average molecular weight is 386 g/mol. The molecule has 4 aromatic rings. The van der Waals surface area contributed by atoms with Crippen LogP contribution in [0, 0.1) is 11.7 Å². The molecule has 1 aromatic heterocycles. The van der Waals surface area contributed by atoms with Gasteiger partial charge in [-0.05, 0) is 66.5 Å². The second-order valence-electron chi connectivity index (χ2n) is 7.59. The molecule has 0 saturated heterocycles. The molecule has 28 heavy (non-hydrogen) atoms. The molecule has 0 aliphatic carbocycles. The Labute approximate surface area is 170 Å². The number of fused-ring (bicyclic) bond motifs is 2. The highest BCUT2D eigenvalue weighted by atomic mass is 32.1. The van der Waals surface area contributed by atoms with E-state index in [0.717, 1.165) is 42.2 Å². The van der Waals surface area contributed by atoms with E-state index in [1.54, 1.807) is 0 Å². The molecule has 0 fully saturated rings. The van der Waals surface area contributed by atoms with Gasteiger partial charge >= 0.3 is 0 Å². The summed E-state index contributed by atoms with van der Waals surface area (Å²) in [4.78, 5) is 2.49. The molecule has 0 saturated carbocycles. The topological polar surface area (TPSA) is 13.1 Å². The summed E-state index contributed by atoms with van der Waals surface area (Å²) in [5.41, 5.74) is 7.63. The van der Waals surface area contributed by atoms with Gasteiger partial charge in [-0.25, -0.2) is 0 Å². The van der Waals surface area contributed by atoms with Crippen LogP contribution in [-0.2, 0) is 19.6 Å². The highest BCUT2D eigenvalue weighted by molar-refractivity contribution is 7.71. The number of hydrogen-bond donors (Lipinski definition) is 0. The summed E-state index contributed by atoms with van der Waals surface area (Å²) in [5.74, 6) is 0. The fourth-order valence-corrected chi connectivity index (χ4v) is 4.60. The first-order valence-electron chi connectivity index (χ1n) is 9.77. The number of rotatable bonds is 3. The van der Waals surface area contributed by atoms with E-state index in [2.05, 4.69) is 93.8 Å². The smallest absolute Gasteiger partial charge is 0.186 e. The van der Waals surface area contributed by atoms with E-state index >= 15 is 0 Å². The Balaban J connectivity index is 1.58. The van der Waals surface area contributed by atoms with E-state index in [1.807, 2.05) is 0 Å². The van der Waals surface area contributed by atoms with Crippen LogP contribution in [0.1, 0.15) is 16.7 Å². The first-order chi connectivity index (χ1) is 13.7. The van der Waals surface area contributed by atoms with Crippen LogP contribution in [0.5, 0.6) is 0 Å². The molecule has 1 aliphatic rings. The first kappa shape index (κ1) is 17.4. The summed E-state index contributed by atoms with van der Waals surface area (Å²) in [6.07, 6.45) is 1.10. The minimum Gasteiger partial charge on any atom is -0.303 e. The maximum absolute atomic E-state index is 5.96. The summed E-state index contributed by atoms with van der Waals surface area (Å²) in [5, 5.41) is 0. The van der Waals surface area contributed by atoms with Crippen molar-refractivity contribution in [1.82, 2.24) is 14.0 Å². The zero-order valence-electron chi connectivity index (χ0n) is 16.0. The van der Waals surface area contributed by atoms with E-state index in [4.69, 9.17) is 12.2 Å². The van der Waals surface area contributed by atoms with Crippen LogP contribution < -0.4 is 0 Å². The Morgan fingerprint density at radius 3 is 2.43 bits per heavy atom. The largest absolute Gasteiger partial charge is 0.303 e. The Bertz CT molecular complexity index is 1220. The normalized spacial score (nSPS) is 14.3. The van der Waals surface area contributed by atoms with Gasteiger partial charge in [-0.1, -0.05) is 48.5 Å². The van der Waals surface area contributed by atoms with E-state index in [-0.39, 0.29) is 0 Å². The number of aryl methyl sites for hydroxylation is 1. The van der Waals surface area contributed by atoms with Gasteiger partial charge in [0.25, 0.3) is 0 Å². The van der Waals surface area contributed by atoms with Crippen LogP contribution in [0.4, 0.5) is 0 Å². The third kappa shape index (κ3) is 2.99. The van der Waals surface area contributed by atoms with E-state index in [9.17, 15) is 0 Å². The second kappa shape index (κ2) is 7.04. The zero-order chi connectivity index (χ0) is 19.1. The SMILES string of the molecule is Cc1cccc(-n2c(=S)n(CN3CCc4ccccc4C3)c3ccccc32)c1. The van der Waals surface area contributed by atoms with Gasteiger partial charge in [-0.2, -0.15) is 0 Å². The number of imidazole rings is 1. The lowest BCUT2D eigenvalue weighted by molar-refractivity contribution is 0.201. The van der Waals surface area contributed by atoms with Gasteiger partial charge in [0.1, 0.15) is 0 Å². The number of benzene rings is 3. The summed E-state index contributed by atoms with van der Waals surface area (Å²) in [6.45, 7) is 4.97. The van der Waals surface area contributed by atoms with Crippen LogP contribution in [-0.4, -0.2) is 20.6 Å². The van der Waals surface area contributed by atoms with Crippen molar-refractivity contribution in [3.63, 3.8) is 0 Å². The number of para-hydroxylation sites is 2. The van der Waals surface area contributed by atoms with Gasteiger partial charge < -0.3 is 4.57 Å². The monoisotopic (exact) mass is 385 g/mol. The molecule has 0 unspecified atom stereocenters. The molecule has 0 radical (unpaired) electrons. The van der Waals surface area contributed by atoms with Crippen LogP contribution in [0.2, 0.25) is 0 Å². The molecule has 3 nitrogen and oxygen atoms in total. The van der Waals surface area contributed by atoms with Crippen LogP contribution >= 0.6 is 12.2 Å². The maximum Gasteiger partial charge on any atom is 0.186 e. The van der Waals surface area contributed by atoms with Crippen molar-refractivity contribution in [3.8, 4) is 5.69 Å². The summed E-state index contributed by atoms with van der Waals surface area (Å²) in [6, 6.07) is 25.9. The van der Waals surface area contributed by atoms with Gasteiger partial charge in [-0.3, -0.25) is 9.47 Å². The van der Waals surface area contributed by atoms with Gasteiger partial charge in [0, 0.05) is 18.8 Å². The molecule has 0 N–H and O–H groups in total. The highest BCUT2D eigenvalue weighted by Gasteiger charge is 2.18. The van der Waals surface area contributed by atoms with Crippen molar-refractivity contribution in [2.45, 2.75) is 26.6 Å². The number of nitrogens with zero attached hydrogens (tertiary/aromatic N) is 3. The maximum atomic E-state index is 5.96. The van der Waals surface area contributed by atoms with Crippen molar-refractivity contribution in [2.75, 3.05) is 6.54 Å². The molecule has 0 spiro atoms. The zero-order valence-corrected chi connectivity index (χ0v) is 16.8. The number of aromatic nitrogens is 2. The minimum atomic E-state index is 0.812. The van der Waals surface area contributed by atoms with Crippen LogP contribution in [0.25, 0.3) is 16.7 Å². The van der Waals surface area contributed by atoms with E-state index in [1.165, 1.54) is 22.2 Å². The predicted molar refractivity (Wildman–Crippen MR) is 117 cm³/mol. The van der Waals surface area contributed by atoms with Crippen molar-refractivity contribution in [3.05, 3.63) is 94.3 Å². The number of hydrogen-bond acceptors (Lipinski definition) is 2. The summed E-state index contributed by atoms with van der Waals surface area (Å²) in [7, 11) is 0. The van der Waals surface area contributed by atoms with Gasteiger partial charge in [0.2, 0.25) is 0 Å². The Kier molecular flexibility index (Phi) is 4.38. The first-order valence-corrected chi connectivity index (χ1v) is 10.2. The fourth-order valence-electron chi connectivity index (χ4n) is 4.24. The second-order valence-corrected chi connectivity index (χ2v) is 7.95. The predicted octanol–water partition coefficient (Wildman–Crippen LogP) is 5.49. The van der Waals surface area contributed by atoms with Crippen LogP contribution in [0.15, 0.2) is 72.8 Å². The molecule has 1 aliphatic heterocycles. The van der Waals surface area contributed by atoms with Crippen molar-refractivity contribution < 1.29 is 0 Å². The molecule has 0 bridgehead atoms. The molecule has 5 rings (SSSR count). The highest BCUT2D eigenvalue weighted by Crippen LogP contribution is 2.25. The van der Waals surface area contributed by atoms with Gasteiger partial charge in [0.05, 0.1) is 17.7 Å².